The van der Waals surface area contributed by atoms with Crippen molar-refractivity contribution >= 4 is 5.96 Å². The summed E-state index contributed by atoms with van der Waals surface area (Å²) in [7, 11) is 1.84. The Morgan fingerprint density at radius 2 is 1.89 bits per heavy atom. The molecule has 1 aliphatic rings. The summed E-state index contributed by atoms with van der Waals surface area (Å²) in [5.41, 5.74) is 0. The average Bonchev–Trinajstić information content (AvgIpc) is 2.46. The van der Waals surface area contributed by atoms with Gasteiger partial charge in [-0.25, -0.2) is 0 Å². The fourth-order valence-electron chi connectivity index (χ4n) is 2.36. The van der Waals surface area contributed by atoms with Crippen molar-refractivity contribution in [2.24, 2.45) is 4.99 Å². The number of ether oxygens (including phenoxy) is 1. The van der Waals surface area contributed by atoms with Crippen LogP contribution in [0.15, 0.2) is 4.99 Å². The number of hydrogen-bond donors (Lipinski definition) is 2. The third-order valence-corrected chi connectivity index (χ3v) is 3.57. The largest absolute Gasteiger partial charge is 0.381 e. The van der Waals surface area contributed by atoms with Crippen LogP contribution in [0.1, 0.15) is 58.3 Å². The van der Waals surface area contributed by atoms with Gasteiger partial charge in [-0.2, -0.15) is 0 Å². The van der Waals surface area contributed by atoms with E-state index in [1.54, 1.807) is 0 Å². The molecule has 112 valence electrons. The van der Waals surface area contributed by atoms with Crippen LogP contribution < -0.4 is 10.6 Å². The van der Waals surface area contributed by atoms with E-state index in [0.29, 0.717) is 6.04 Å². The molecule has 0 bridgehead atoms. The molecule has 1 fully saturated rings. The summed E-state index contributed by atoms with van der Waals surface area (Å²) in [6.07, 6.45) is 10.0. The second-order valence-electron chi connectivity index (χ2n) is 5.30. The molecule has 0 aromatic rings. The number of nitrogens with zero attached hydrogens (tertiary/aromatic N) is 1. The van der Waals surface area contributed by atoms with Crippen LogP contribution >= 0.6 is 0 Å². The number of hydrogen-bond acceptors (Lipinski definition) is 2. The van der Waals surface area contributed by atoms with E-state index >= 15 is 0 Å². The summed E-state index contributed by atoms with van der Waals surface area (Å²) in [6, 6.07) is 0.612. The minimum absolute atomic E-state index is 0.612. The van der Waals surface area contributed by atoms with Gasteiger partial charge in [-0.05, 0) is 25.7 Å². The van der Waals surface area contributed by atoms with Crippen molar-refractivity contribution in [2.75, 3.05) is 26.8 Å². The van der Waals surface area contributed by atoms with Crippen molar-refractivity contribution in [3.63, 3.8) is 0 Å². The summed E-state index contributed by atoms with van der Waals surface area (Å²) in [6.45, 7) is 4.85. The van der Waals surface area contributed by atoms with Gasteiger partial charge in [0.15, 0.2) is 5.96 Å². The van der Waals surface area contributed by atoms with Gasteiger partial charge < -0.3 is 15.4 Å². The molecule has 0 radical (unpaired) electrons. The number of unbranched alkanes of at least 4 members (excludes halogenated alkanes) is 1. The van der Waals surface area contributed by atoms with Gasteiger partial charge >= 0.3 is 0 Å². The smallest absolute Gasteiger partial charge is 0.191 e. The van der Waals surface area contributed by atoms with Crippen LogP contribution in [-0.4, -0.2) is 38.8 Å². The zero-order valence-electron chi connectivity index (χ0n) is 12.7. The normalized spacial score (nSPS) is 17.5. The van der Waals surface area contributed by atoms with Crippen LogP contribution in [0, 0.1) is 0 Å². The van der Waals surface area contributed by atoms with E-state index in [9.17, 15) is 0 Å². The molecule has 0 atom stereocenters. The monoisotopic (exact) mass is 269 g/mol. The van der Waals surface area contributed by atoms with Crippen LogP contribution in [0.25, 0.3) is 0 Å². The van der Waals surface area contributed by atoms with Gasteiger partial charge in [0.05, 0.1) is 0 Å². The Bertz CT molecular complexity index is 238. The van der Waals surface area contributed by atoms with Gasteiger partial charge in [0, 0.05) is 32.8 Å². The molecule has 19 heavy (non-hydrogen) atoms. The summed E-state index contributed by atoms with van der Waals surface area (Å²) in [5.74, 6) is 0.945. The minimum Gasteiger partial charge on any atom is -0.381 e. The molecular weight excluding hydrogens is 238 g/mol. The van der Waals surface area contributed by atoms with Gasteiger partial charge in [0.25, 0.3) is 0 Å². The van der Waals surface area contributed by atoms with E-state index in [1.165, 1.54) is 44.9 Å². The van der Waals surface area contributed by atoms with Crippen LogP contribution in [0.3, 0.4) is 0 Å². The van der Waals surface area contributed by atoms with Crippen LogP contribution in [-0.2, 0) is 4.74 Å². The summed E-state index contributed by atoms with van der Waals surface area (Å²) in [4.78, 5) is 4.28. The Labute approximate surface area is 118 Å². The Kier molecular flexibility index (Phi) is 9.51. The molecule has 0 aromatic heterocycles. The molecule has 0 aliphatic heterocycles. The molecule has 4 heteroatoms. The van der Waals surface area contributed by atoms with Crippen molar-refractivity contribution in [1.29, 1.82) is 0 Å². The van der Waals surface area contributed by atoms with Crippen molar-refractivity contribution in [1.82, 2.24) is 10.6 Å². The predicted octanol–water partition coefficient (Wildman–Crippen LogP) is 2.69. The molecule has 0 heterocycles. The van der Waals surface area contributed by atoms with E-state index in [1.807, 2.05) is 7.05 Å². The van der Waals surface area contributed by atoms with Crippen LogP contribution in [0.2, 0.25) is 0 Å². The van der Waals surface area contributed by atoms with E-state index < -0.39 is 0 Å². The standard InChI is InChI=1S/C15H31N3O/c1-3-4-12-19-13-8-11-17-15(16-2)18-14-9-6-5-7-10-14/h14H,3-13H2,1-2H3,(H2,16,17,18). The molecule has 0 amide bonds. The second-order valence-corrected chi connectivity index (χ2v) is 5.30. The van der Waals surface area contributed by atoms with Gasteiger partial charge in [-0.1, -0.05) is 32.6 Å². The topological polar surface area (TPSA) is 45.6 Å². The molecule has 1 rings (SSSR count). The Morgan fingerprint density at radius 3 is 2.58 bits per heavy atom. The first-order valence-electron chi connectivity index (χ1n) is 7.91. The first kappa shape index (κ1) is 16.3. The highest BCUT2D eigenvalue weighted by Gasteiger charge is 2.13. The minimum atomic E-state index is 0.612. The second kappa shape index (κ2) is 11.1. The highest BCUT2D eigenvalue weighted by atomic mass is 16.5. The lowest BCUT2D eigenvalue weighted by Crippen LogP contribution is -2.44. The third-order valence-electron chi connectivity index (χ3n) is 3.57. The maximum absolute atomic E-state index is 5.54. The fourth-order valence-corrected chi connectivity index (χ4v) is 2.36. The zero-order chi connectivity index (χ0) is 13.8. The summed E-state index contributed by atoms with van der Waals surface area (Å²) >= 11 is 0. The molecule has 2 N–H and O–H groups in total. The van der Waals surface area contributed by atoms with Gasteiger partial charge in [-0.3, -0.25) is 4.99 Å². The van der Waals surface area contributed by atoms with Crippen molar-refractivity contribution in [3.8, 4) is 0 Å². The molecule has 1 aliphatic carbocycles. The third kappa shape index (κ3) is 8.09. The first-order chi connectivity index (χ1) is 9.36. The van der Waals surface area contributed by atoms with Gasteiger partial charge in [-0.15, -0.1) is 0 Å². The highest BCUT2D eigenvalue weighted by Crippen LogP contribution is 2.17. The number of nitrogens with one attached hydrogen (secondary N) is 2. The van der Waals surface area contributed by atoms with E-state index in [0.717, 1.165) is 32.1 Å². The number of guanidine groups is 1. The Hall–Kier alpha value is -0.770. The fraction of sp³-hybridized carbons (Fsp3) is 0.933. The van der Waals surface area contributed by atoms with Crippen LogP contribution in [0.4, 0.5) is 0 Å². The Balaban J connectivity index is 2.02. The van der Waals surface area contributed by atoms with Crippen molar-refractivity contribution < 1.29 is 4.74 Å². The molecule has 0 unspecified atom stereocenters. The molecule has 0 aromatic carbocycles. The van der Waals surface area contributed by atoms with Gasteiger partial charge in [0.2, 0.25) is 0 Å². The van der Waals surface area contributed by atoms with Gasteiger partial charge in [0.1, 0.15) is 0 Å². The quantitative estimate of drug-likeness (QED) is 0.404. The Morgan fingerprint density at radius 1 is 1.16 bits per heavy atom. The maximum atomic E-state index is 5.54. The summed E-state index contributed by atoms with van der Waals surface area (Å²) in [5, 5.41) is 6.88. The lowest BCUT2D eigenvalue weighted by Gasteiger charge is -2.24. The average molecular weight is 269 g/mol. The molecule has 0 saturated heterocycles. The maximum Gasteiger partial charge on any atom is 0.191 e. The molecule has 4 nitrogen and oxygen atoms in total. The predicted molar refractivity (Wildman–Crippen MR) is 81.7 cm³/mol. The van der Waals surface area contributed by atoms with Crippen molar-refractivity contribution in [3.05, 3.63) is 0 Å². The lowest BCUT2D eigenvalue weighted by atomic mass is 9.96. The van der Waals surface area contributed by atoms with Crippen LogP contribution in [0.5, 0.6) is 0 Å². The first-order valence-corrected chi connectivity index (χ1v) is 7.91. The van der Waals surface area contributed by atoms with Crippen molar-refractivity contribution in [2.45, 2.75) is 64.3 Å². The SMILES string of the molecule is CCCCOCCCNC(=NC)NC1CCCCC1. The lowest BCUT2D eigenvalue weighted by molar-refractivity contribution is 0.129. The molecule has 1 saturated carbocycles. The number of rotatable bonds is 8. The highest BCUT2D eigenvalue weighted by molar-refractivity contribution is 5.79. The molecule has 0 spiro atoms. The zero-order valence-corrected chi connectivity index (χ0v) is 12.7. The summed E-state index contributed by atoms with van der Waals surface area (Å²) < 4.78 is 5.54. The van der Waals surface area contributed by atoms with E-state index in [2.05, 4.69) is 22.5 Å². The van der Waals surface area contributed by atoms with E-state index in [-0.39, 0.29) is 0 Å². The number of aliphatic imine (C=N–C) groups is 1. The van der Waals surface area contributed by atoms with E-state index in [4.69, 9.17) is 4.74 Å². The molecular formula is C15H31N3O.